The van der Waals surface area contributed by atoms with Gasteiger partial charge < -0.3 is 10.5 Å². The van der Waals surface area contributed by atoms with E-state index in [1.54, 1.807) is 7.11 Å². The van der Waals surface area contributed by atoms with Crippen molar-refractivity contribution >= 4 is 0 Å². The SMILES string of the molecule is C=C(C)CC(N)C(CC)(CC)OC. The molecule has 0 aliphatic rings. The topological polar surface area (TPSA) is 35.2 Å². The molecule has 2 heteroatoms. The van der Waals surface area contributed by atoms with Gasteiger partial charge in [-0.05, 0) is 26.2 Å². The number of nitrogens with two attached hydrogens (primary N) is 1. The van der Waals surface area contributed by atoms with Gasteiger partial charge >= 0.3 is 0 Å². The van der Waals surface area contributed by atoms with E-state index in [0.717, 1.165) is 24.8 Å². The number of rotatable bonds is 6. The highest BCUT2D eigenvalue weighted by Crippen LogP contribution is 2.26. The van der Waals surface area contributed by atoms with E-state index in [2.05, 4.69) is 20.4 Å². The second-order valence-electron chi connectivity index (χ2n) is 3.74. The van der Waals surface area contributed by atoms with E-state index in [4.69, 9.17) is 10.5 Å². The average molecular weight is 185 g/mol. The smallest absolute Gasteiger partial charge is 0.0826 e. The molecule has 0 aliphatic carbocycles. The van der Waals surface area contributed by atoms with Crippen LogP contribution >= 0.6 is 0 Å². The molecule has 0 bridgehead atoms. The first-order valence-corrected chi connectivity index (χ1v) is 4.97. The molecule has 0 saturated carbocycles. The highest BCUT2D eigenvalue weighted by Gasteiger charge is 2.32. The average Bonchev–Trinajstić information content (AvgIpc) is 2.07. The second kappa shape index (κ2) is 5.40. The third kappa shape index (κ3) is 3.12. The minimum Gasteiger partial charge on any atom is -0.377 e. The van der Waals surface area contributed by atoms with Crippen LogP contribution < -0.4 is 5.73 Å². The Morgan fingerprint density at radius 3 is 2.15 bits per heavy atom. The summed E-state index contributed by atoms with van der Waals surface area (Å²) >= 11 is 0. The van der Waals surface area contributed by atoms with E-state index in [9.17, 15) is 0 Å². The Morgan fingerprint density at radius 2 is 1.92 bits per heavy atom. The van der Waals surface area contributed by atoms with Crippen LogP contribution in [0.3, 0.4) is 0 Å². The summed E-state index contributed by atoms with van der Waals surface area (Å²) in [5, 5.41) is 0. The molecule has 0 aromatic rings. The van der Waals surface area contributed by atoms with Gasteiger partial charge in [-0.25, -0.2) is 0 Å². The quantitative estimate of drug-likeness (QED) is 0.645. The molecule has 0 aliphatic heterocycles. The van der Waals surface area contributed by atoms with E-state index in [0.29, 0.717) is 0 Å². The van der Waals surface area contributed by atoms with Crippen LogP contribution in [0.15, 0.2) is 12.2 Å². The van der Waals surface area contributed by atoms with E-state index in [1.807, 2.05) is 6.92 Å². The van der Waals surface area contributed by atoms with E-state index in [-0.39, 0.29) is 11.6 Å². The zero-order valence-electron chi connectivity index (χ0n) is 9.39. The summed E-state index contributed by atoms with van der Waals surface area (Å²) in [7, 11) is 1.74. The van der Waals surface area contributed by atoms with Gasteiger partial charge in [-0.1, -0.05) is 19.4 Å². The Kier molecular flexibility index (Phi) is 5.26. The van der Waals surface area contributed by atoms with Crippen molar-refractivity contribution < 1.29 is 4.74 Å². The van der Waals surface area contributed by atoms with Gasteiger partial charge in [-0.3, -0.25) is 0 Å². The highest BCUT2D eigenvalue weighted by atomic mass is 16.5. The van der Waals surface area contributed by atoms with Crippen LogP contribution in [-0.4, -0.2) is 18.8 Å². The van der Waals surface area contributed by atoms with Gasteiger partial charge in [-0.2, -0.15) is 0 Å². The molecule has 1 unspecified atom stereocenters. The summed E-state index contributed by atoms with van der Waals surface area (Å²) in [5.74, 6) is 0. The zero-order valence-corrected chi connectivity index (χ0v) is 9.39. The third-order valence-electron chi connectivity index (χ3n) is 2.85. The van der Waals surface area contributed by atoms with Crippen molar-refractivity contribution in [3.05, 3.63) is 12.2 Å². The first-order chi connectivity index (χ1) is 6.02. The minimum atomic E-state index is -0.168. The van der Waals surface area contributed by atoms with Crippen molar-refractivity contribution in [2.75, 3.05) is 7.11 Å². The molecule has 0 aromatic carbocycles. The van der Waals surface area contributed by atoms with Gasteiger partial charge in [0.2, 0.25) is 0 Å². The molecular formula is C11H23NO. The first kappa shape index (κ1) is 12.7. The lowest BCUT2D eigenvalue weighted by molar-refractivity contribution is -0.0373. The summed E-state index contributed by atoms with van der Waals surface area (Å²) in [6.07, 6.45) is 2.75. The Hall–Kier alpha value is -0.340. The fourth-order valence-electron chi connectivity index (χ4n) is 1.78. The van der Waals surface area contributed by atoms with E-state index >= 15 is 0 Å². The van der Waals surface area contributed by atoms with Crippen molar-refractivity contribution in [2.45, 2.75) is 51.7 Å². The predicted molar refractivity (Wildman–Crippen MR) is 57.7 cm³/mol. The van der Waals surface area contributed by atoms with Crippen LogP contribution in [0.2, 0.25) is 0 Å². The minimum absolute atomic E-state index is 0.0602. The van der Waals surface area contributed by atoms with Crippen molar-refractivity contribution in [1.29, 1.82) is 0 Å². The molecule has 0 radical (unpaired) electrons. The van der Waals surface area contributed by atoms with Gasteiger partial charge in [-0.15, -0.1) is 6.58 Å². The van der Waals surface area contributed by atoms with Crippen molar-refractivity contribution in [3.8, 4) is 0 Å². The maximum Gasteiger partial charge on any atom is 0.0826 e. The molecule has 0 spiro atoms. The van der Waals surface area contributed by atoms with Crippen LogP contribution in [-0.2, 0) is 4.74 Å². The molecule has 0 amide bonds. The first-order valence-electron chi connectivity index (χ1n) is 4.97. The Bertz CT molecular complexity index is 153. The number of methoxy groups -OCH3 is 1. The van der Waals surface area contributed by atoms with E-state index in [1.165, 1.54) is 0 Å². The summed E-state index contributed by atoms with van der Waals surface area (Å²) in [6, 6.07) is 0.0602. The van der Waals surface area contributed by atoms with Crippen LogP contribution in [0.4, 0.5) is 0 Å². The molecular weight excluding hydrogens is 162 g/mol. The molecule has 0 heterocycles. The predicted octanol–water partition coefficient (Wildman–Crippen LogP) is 2.49. The molecule has 0 saturated heterocycles. The van der Waals surface area contributed by atoms with Crippen molar-refractivity contribution in [2.24, 2.45) is 5.73 Å². The molecule has 78 valence electrons. The fourth-order valence-corrected chi connectivity index (χ4v) is 1.78. The number of hydrogen-bond donors (Lipinski definition) is 1. The van der Waals surface area contributed by atoms with E-state index < -0.39 is 0 Å². The van der Waals surface area contributed by atoms with Gasteiger partial charge in [0.15, 0.2) is 0 Å². The van der Waals surface area contributed by atoms with Gasteiger partial charge in [0.05, 0.1) is 5.60 Å². The molecule has 0 aromatic heterocycles. The molecule has 0 rings (SSSR count). The lowest BCUT2D eigenvalue weighted by Gasteiger charge is -2.36. The summed E-state index contributed by atoms with van der Waals surface area (Å²) in [6.45, 7) is 10.1. The van der Waals surface area contributed by atoms with Crippen molar-refractivity contribution in [1.82, 2.24) is 0 Å². The zero-order chi connectivity index (χ0) is 10.5. The van der Waals surface area contributed by atoms with Crippen LogP contribution in [0, 0.1) is 0 Å². The summed E-state index contributed by atoms with van der Waals surface area (Å²) in [4.78, 5) is 0. The lowest BCUT2D eigenvalue weighted by atomic mass is 9.85. The Labute approximate surface area is 82.2 Å². The third-order valence-corrected chi connectivity index (χ3v) is 2.85. The molecule has 2 nitrogen and oxygen atoms in total. The molecule has 13 heavy (non-hydrogen) atoms. The summed E-state index contributed by atoms with van der Waals surface area (Å²) in [5.41, 5.74) is 7.05. The lowest BCUT2D eigenvalue weighted by Crippen LogP contribution is -2.48. The standard InChI is InChI=1S/C11H23NO/c1-6-11(7-2,13-5)10(12)8-9(3)4/h10H,3,6-8,12H2,1-2,4-5H3. The fraction of sp³-hybridized carbons (Fsp3) is 0.818. The molecule has 0 fully saturated rings. The maximum absolute atomic E-state index is 6.10. The van der Waals surface area contributed by atoms with Crippen molar-refractivity contribution in [3.63, 3.8) is 0 Å². The number of hydrogen-bond acceptors (Lipinski definition) is 2. The highest BCUT2D eigenvalue weighted by molar-refractivity contribution is 4.99. The maximum atomic E-state index is 6.10. The van der Waals surface area contributed by atoms with Gasteiger partial charge in [0.1, 0.15) is 0 Å². The monoisotopic (exact) mass is 185 g/mol. The normalized spacial score (nSPS) is 14.2. The van der Waals surface area contributed by atoms with Gasteiger partial charge in [0.25, 0.3) is 0 Å². The number of ether oxygens (including phenoxy) is 1. The second-order valence-corrected chi connectivity index (χ2v) is 3.74. The van der Waals surface area contributed by atoms with Gasteiger partial charge in [0, 0.05) is 13.2 Å². The Morgan fingerprint density at radius 1 is 1.46 bits per heavy atom. The molecule has 1 atom stereocenters. The Balaban J connectivity index is 4.43. The summed E-state index contributed by atoms with van der Waals surface area (Å²) < 4.78 is 5.53. The van der Waals surface area contributed by atoms with Crippen LogP contribution in [0.5, 0.6) is 0 Å². The largest absolute Gasteiger partial charge is 0.377 e. The van der Waals surface area contributed by atoms with Crippen LogP contribution in [0.1, 0.15) is 40.0 Å². The van der Waals surface area contributed by atoms with Crippen LogP contribution in [0.25, 0.3) is 0 Å². The molecule has 2 N–H and O–H groups in total.